The quantitative estimate of drug-likeness (QED) is 0.543. The molecular formula is C8H14NO. The van der Waals surface area contributed by atoms with E-state index in [1.165, 1.54) is 19.3 Å². The third-order valence-corrected chi connectivity index (χ3v) is 2.53. The van der Waals surface area contributed by atoms with E-state index in [1.54, 1.807) is 0 Å². The maximum absolute atomic E-state index is 5.71. The summed E-state index contributed by atoms with van der Waals surface area (Å²) < 4.78 is 5.71. The Bertz CT molecular complexity index is 110. The number of hydrogen-bond donors (Lipinski definition) is 1. The fourth-order valence-corrected chi connectivity index (χ4v) is 1.88. The average molecular weight is 140 g/mol. The van der Waals surface area contributed by atoms with E-state index < -0.39 is 0 Å². The maximum atomic E-state index is 5.71. The highest BCUT2D eigenvalue weighted by atomic mass is 16.5. The smallest absolute Gasteiger partial charge is 0.0710 e. The molecule has 2 aliphatic heterocycles. The molecule has 0 aromatic rings. The predicted octanol–water partition coefficient (Wildman–Crippen LogP) is 1.08. The molecule has 2 heteroatoms. The Labute approximate surface area is 61.9 Å². The summed E-state index contributed by atoms with van der Waals surface area (Å²) in [4.78, 5) is 0. The van der Waals surface area contributed by atoms with E-state index in [1.807, 2.05) is 0 Å². The van der Waals surface area contributed by atoms with Gasteiger partial charge < -0.3 is 10.1 Å². The van der Waals surface area contributed by atoms with Crippen molar-refractivity contribution in [2.75, 3.05) is 13.2 Å². The van der Waals surface area contributed by atoms with E-state index in [0.717, 1.165) is 19.6 Å². The third kappa shape index (κ3) is 1.06. The van der Waals surface area contributed by atoms with Gasteiger partial charge in [0, 0.05) is 13.2 Å². The van der Waals surface area contributed by atoms with Gasteiger partial charge in [0.05, 0.1) is 5.60 Å². The van der Waals surface area contributed by atoms with Crippen molar-refractivity contribution in [3.05, 3.63) is 6.54 Å². The van der Waals surface area contributed by atoms with Crippen LogP contribution >= 0.6 is 0 Å². The summed E-state index contributed by atoms with van der Waals surface area (Å²) in [5.41, 5.74) is 0.255. The Hall–Kier alpha value is -0.0800. The van der Waals surface area contributed by atoms with Gasteiger partial charge in [0.2, 0.25) is 0 Å². The lowest BCUT2D eigenvalue weighted by molar-refractivity contribution is -0.0119. The van der Waals surface area contributed by atoms with Crippen LogP contribution in [0.5, 0.6) is 0 Å². The Morgan fingerprint density at radius 3 is 3.00 bits per heavy atom. The van der Waals surface area contributed by atoms with Crippen molar-refractivity contribution in [1.29, 1.82) is 0 Å². The topological polar surface area (TPSA) is 21.3 Å². The summed E-state index contributed by atoms with van der Waals surface area (Å²) in [7, 11) is 0. The Kier molecular flexibility index (Phi) is 1.66. The van der Waals surface area contributed by atoms with Gasteiger partial charge in [0.15, 0.2) is 0 Å². The fourth-order valence-electron chi connectivity index (χ4n) is 1.88. The molecular weight excluding hydrogens is 126 g/mol. The molecule has 57 valence electrons. The molecule has 1 radical (unpaired) electrons. The van der Waals surface area contributed by atoms with Gasteiger partial charge in [-0.1, -0.05) is 0 Å². The number of piperidine rings is 1. The number of ether oxygens (including phenoxy) is 1. The molecule has 2 rings (SSSR count). The van der Waals surface area contributed by atoms with Crippen LogP contribution < -0.4 is 5.32 Å². The van der Waals surface area contributed by atoms with Gasteiger partial charge in [-0.05, 0) is 32.2 Å². The van der Waals surface area contributed by atoms with Crippen molar-refractivity contribution in [3.8, 4) is 0 Å². The van der Waals surface area contributed by atoms with Crippen molar-refractivity contribution >= 4 is 0 Å². The van der Waals surface area contributed by atoms with Crippen LogP contribution in [0.3, 0.4) is 0 Å². The summed E-state index contributed by atoms with van der Waals surface area (Å²) in [6.45, 7) is 4.22. The molecule has 0 saturated carbocycles. The van der Waals surface area contributed by atoms with E-state index >= 15 is 0 Å². The maximum Gasteiger partial charge on any atom is 0.0710 e. The first kappa shape index (κ1) is 6.62. The summed E-state index contributed by atoms with van der Waals surface area (Å²) >= 11 is 0. The van der Waals surface area contributed by atoms with E-state index in [0.29, 0.717) is 0 Å². The zero-order valence-corrected chi connectivity index (χ0v) is 6.23. The van der Waals surface area contributed by atoms with Crippen LogP contribution in [0.2, 0.25) is 0 Å². The van der Waals surface area contributed by atoms with Crippen molar-refractivity contribution in [3.63, 3.8) is 0 Å². The second-order valence-electron chi connectivity index (χ2n) is 3.25. The highest BCUT2D eigenvalue weighted by Crippen LogP contribution is 2.34. The van der Waals surface area contributed by atoms with Gasteiger partial charge in [-0.2, -0.15) is 0 Å². The van der Waals surface area contributed by atoms with Crippen LogP contribution in [0.25, 0.3) is 0 Å². The monoisotopic (exact) mass is 140 g/mol. The Balaban J connectivity index is 1.98. The summed E-state index contributed by atoms with van der Waals surface area (Å²) in [6.07, 6.45) is 4.83. The molecule has 2 heterocycles. The third-order valence-electron chi connectivity index (χ3n) is 2.53. The molecule has 2 nitrogen and oxygen atoms in total. The average Bonchev–Trinajstić information content (AvgIpc) is 2.39. The van der Waals surface area contributed by atoms with E-state index in [2.05, 4.69) is 11.9 Å². The van der Waals surface area contributed by atoms with Crippen LogP contribution in [-0.4, -0.2) is 18.8 Å². The molecule has 10 heavy (non-hydrogen) atoms. The molecule has 1 spiro atoms. The summed E-state index contributed by atoms with van der Waals surface area (Å²) in [5, 5.41) is 3.23. The van der Waals surface area contributed by atoms with Crippen molar-refractivity contribution in [1.82, 2.24) is 5.32 Å². The molecule has 0 aromatic carbocycles. The summed E-state index contributed by atoms with van der Waals surface area (Å²) in [5.74, 6) is 0. The minimum Gasteiger partial charge on any atom is -0.375 e. The lowest BCUT2D eigenvalue weighted by Gasteiger charge is -2.32. The minimum absolute atomic E-state index is 0.255. The number of hydrogen-bond acceptors (Lipinski definition) is 2. The fraction of sp³-hybridized carbons (Fsp3) is 0.875. The second-order valence-corrected chi connectivity index (χ2v) is 3.25. The molecule has 0 aromatic heterocycles. The molecule has 1 unspecified atom stereocenters. The van der Waals surface area contributed by atoms with Crippen LogP contribution in [-0.2, 0) is 4.74 Å². The number of rotatable bonds is 0. The van der Waals surface area contributed by atoms with Gasteiger partial charge in [-0.3, -0.25) is 0 Å². The normalized spacial score (nSPS) is 31.2. The first-order valence-electron chi connectivity index (χ1n) is 4.10. The summed E-state index contributed by atoms with van der Waals surface area (Å²) in [6, 6.07) is 0. The van der Waals surface area contributed by atoms with Crippen LogP contribution in [0.1, 0.15) is 25.7 Å². The van der Waals surface area contributed by atoms with E-state index in [4.69, 9.17) is 4.74 Å². The molecule has 2 fully saturated rings. The lowest BCUT2D eigenvalue weighted by Crippen LogP contribution is -2.38. The van der Waals surface area contributed by atoms with Crippen molar-refractivity contribution in [2.24, 2.45) is 0 Å². The highest BCUT2D eigenvalue weighted by Gasteiger charge is 2.35. The van der Waals surface area contributed by atoms with Gasteiger partial charge in [0.25, 0.3) is 0 Å². The first-order chi connectivity index (χ1) is 4.91. The van der Waals surface area contributed by atoms with Crippen LogP contribution in [0.15, 0.2) is 0 Å². The first-order valence-corrected chi connectivity index (χ1v) is 4.10. The zero-order chi connectivity index (χ0) is 6.86. The Morgan fingerprint density at radius 2 is 2.40 bits per heavy atom. The van der Waals surface area contributed by atoms with Crippen LogP contribution in [0.4, 0.5) is 0 Å². The minimum atomic E-state index is 0.255. The highest BCUT2D eigenvalue weighted by molar-refractivity contribution is 4.93. The van der Waals surface area contributed by atoms with Gasteiger partial charge in [-0.25, -0.2) is 0 Å². The van der Waals surface area contributed by atoms with Gasteiger partial charge in [-0.15, -0.1) is 0 Å². The van der Waals surface area contributed by atoms with E-state index in [9.17, 15) is 0 Å². The van der Waals surface area contributed by atoms with E-state index in [-0.39, 0.29) is 5.60 Å². The predicted molar refractivity (Wildman–Crippen MR) is 39.5 cm³/mol. The second kappa shape index (κ2) is 2.51. The van der Waals surface area contributed by atoms with Crippen molar-refractivity contribution in [2.45, 2.75) is 31.3 Å². The van der Waals surface area contributed by atoms with Gasteiger partial charge in [0.1, 0.15) is 0 Å². The SMILES string of the molecule is [CH]1CC2(CCCO2)CCN1. The van der Waals surface area contributed by atoms with Crippen LogP contribution in [0, 0.1) is 6.54 Å². The molecule has 1 N–H and O–H groups in total. The zero-order valence-electron chi connectivity index (χ0n) is 6.23. The molecule has 1 atom stereocenters. The number of nitrogens with one attached hydrogen (secondary N) is 1. The molecule has 2 saturated heterocycles. The van der Waals surface area contributed by atoms with Crippen molar-refractivity contribution < 1.29 is 4.74 Å². The Morgan fingerprint density at radius 1 is 1.40 bits per heavy atom. The molecule has 2 aliphatic rings. The molecule has 0 amide bonds. The lowest BCUT2D eigenvalue weighted by atomic mass is 9.90. The molecule has 0 aliphatic carbocycles. The largest absolute Gasteiger partial charge is 0.375 e. The molecule has 0 bridgehead atoms. The standard InChI is InChI=1S/C8H14NO/c1-2-8(10-7-1)3-5-9-6-4-8/h5,9H,1-4,6-7H2. The van der Waals surface area contributed by atoms with Gasteiger partial charge >= 0.3 is 0 Å².